The van der Waals surface area contributed by atoms with Crippen molar-refractivity contribution in [3.05, 3.63) is 64.6 Å². The molecule has 1 fully saturated rings. The van der Waals surface area contributed by atoms with Gasteiger partial charge in [0.05, 0.1) is 5.56 Å². The van der Waals surface area contributed by atoms with E-state index in [0.717, 1.165) is 11.6 Å². The first kappa shape index (κ1) is 20.7. The minimum atomic E-state index is -2.34. The topological polar surface area (TPSA) is 118 Å². The number of benzene rings is 2. The Bertz CT molecular complexity index is 1220. The van der Waals surface area contributed by atoms with Crippen molar-refractivity contribution in [2.75, 3.05) is 11.4 Å². The largest absolute Gasteiger partial charge is 0.410 e. The van der Waals surface area contributed by atoms with Crippen LogP contribution in [0.3, 0.4) is 0 Å². The van der Waals surface area contributed by atoms with Crippen LogP contribution in [-0.2, 0) is 16.1 Å². The zero-order chi connectivity index (χ0) is 22.2. The van der Waals surface area contributed by atoms with Crippen LogP contribution < -0.4 is 10.2 Å². The normalized spacial score (nSPS) is 18.3. The van der Waals surface area contributed by atoms with Gasteiger partial charge < -0.3 is 25.0 Å². The molecule has 10 heteroatoms. The van der Waals surface area contributed by atoms with Crippen molar-refractivity contribution < 1.29 is 23.8 Å². The maximum atomic E-state index is 13.4. The molecule has 2 amide bonds. The fourth-order valence-corrected chi connectivity index (χ4v) is 3.71. The molecule has 4 rings (SSSR count). The van der Waals surface area contributed by atoms with Crippen molar-refractivity contribution in [3.63, 3.8) is 0 Å². The van der Waals surface area contributed by atoms with Gasteiger partial charge in [-0.2, -0.15) is 5.26 Å². The number of H-pyrrole nitrogens is 1. The van der Waals surface area contributed by atoms with E-state index in [1.165, 1.54) is 17.0 Å². The van der Waals surface area contributed by atoms with Gasteiger partial charge in [0.2, 0.25) is 0 Å². The Kier molecular flexibility index (Phi) is 5.27. The second kappa shape index (κ2) is 7.91. The zero-order valence-electron chi connectivity index (χ0n) is 16.0. The summed E-state index contributed by atoms with van der Waals surface area (Å²) >= 11 is 5.77. The van der Waals surface area contributed by atoms with Gasteiger partial charge in [-0.1, -0.05) is 11.6 Å². The number of anilines is 1. The number of aromatic nitrogens is 1. The van der Waals surface area contributed by atoms with Gasteiger partial charge in [0, 0.05) is 47.3 Å². The van der Waals surface area contributed by atoms with E-state index in [0.29, 0.717) is 22.2 Å². The highest BCUT2D eigenvalue weighted by atomic mass is 35.5. The standard InChI is InChI=1S/C21H16ClFN4O4/c22-14-5-12(6-15(23)7-14)10-26-20(29)31-21(30)3-4-27(19(21)28)16-1-2-18-17(8-16)13(9-24)11-25-18/h1-2,5-8,11,25,30H,3-4,10H2,(H,26,29). The first-order chi connectivity index (χ1) is 14.8. The first-order valence-corrected chi connectivity index (χ1v) is 9.64. The van der Waals surface area contributed by atoms with Gasteiger partial charge in [-0.05, 0) is 42.0 Å². The van der Waals surface area contributed by atoms with Crippen molar-refractivity contribution in [2.24, 2.45) is 0 Å². The van der Waals surface area contributed by atoms with Crippen LogP contribution in [-0.4, -0.2) is 34.4 Å². The third-order valence-electron chi connectivity index (χ3n) is 4.97. The third kappa shape index (κ3) is 4.03. The zero-order valence-corrected chi connectivity index (χ0v) is 16.7. The number of nitriles is 1. The van der Waals surface area contributed by atoms with Crippen LogP contribution in [0.25, 0.3) is 10.9 Å². The molecule has 1 aliphatic heterocycles. The Hall–Kier alpha value is -3.61. The molecule has 0 spiro atoms. The maximum Gasteiger partial charge on any atom is 0.410 e. The molecule has 31 heavy (non-hydrogen) atoms. The van der Waals surface area contributed by atoms with Gasteiger partial charge in [0.15, 0.2) is 0 Å². The van der Waals surface area contributed by atoms with Gasteiger partial charge >= 0.3 is 6.09 Å². The van der Waals surface area contributed by atoms with Crippen molar-refractivity contribution in [1.29, 1.82) is 5.26 Å². The van der Waals surface area contributed by atoms with Crippen LogP contribution in [0, 0.1) is 17.1 Å². The van der Waals surface area contributed by atoms with Crippen molar-refractivity contribution >= 4 is 40.2 Å². The number of nitrogens with zero attached hydrogens (tertiary/aromatic N) is 2. The summed E-state index contributed by atoms with van der Waals surface area (Å²) in [4.78, 5) is 29.2. The molecule has 0 bridgehead atoms. The van der Waals surface area contributed by atoms with E-state index >= 15 is 0 Å². The molecule has 1 unspecified atom stereocenters. The minimum Gasteiger partial charge on any atom is -0.407 e. The Morgan fingerprint density at radius 1 is 1.39 bits per heavy atom. The fraction of sp³-hybridized carbons (Fsp3) is 0.190. The molecule has 1 atom stereocenters. The number of nitrogens with one attached hydrogen (secondary N) is 2. The summed E-state index contributed by atoms with van der Waals surface area (Å²) in [5.41, 5.74) is 2.01. The van der Waals surface area contributed by atoms with Crippen LogP contribution in [0.5, 0.6) is 0 Å². The third-order valence-corrected chi connectivity index (χ3v) is 5.19. The summed E-state index contributed by atoms with van der Waals surface area (Å²) in [5.74, 6) is -3.70. The number of hydrogen-bond donors (Lipinski definition) is 3. The van der Waals surface area contributed by atoms with E-state index in [9.17, 15) is 24.3 Å². The predicted octanol–water partition coefficient (Wildman–Crippen LogP) is 3.18. The van der Waals surface area contributed by atoms with E-state index in [2.05, 4.69) is 16.4 Å². The van der Waals surface area contributed by atoms with Gasteiger partial charge in [-0.3, -0.25) is 4.79 Å². The molecular formula is C21H16ClFN4O4. The number of aliphatic hydroxyl groups is 1. The van der Waals surface area contributed by atoms with Gasteiger partial charge in [-0.15, -0.1) is 0 Å². The highest BCUT2D eigenvalue weighted by molar-refractivity contribution is 6.30. The molecule has 3 aromatic rings. The molecule has 2 aromatic carbocycles. The summed E-state index contributed by atoms with van der Waals surface area (Å²) < 4.78 is 18.4. The van der Waals surface area contributed by atoms with E-state index in [-0.39, 0.29) is 24.5 Å². The Balaban J connectivity index is 1.44. The average Bonchev–Trinajstić information content (AvgIpc) is 3.26. The lowest BCUT2D eigenvalue weighted by molar-refractivity contribution is -0.175. The second-order valence-corrected chi connectivity index (χ2v) is 7.49. The number of hydrogen-bond acceptors (Lipinski definition) is 5. The molecule has 0 radical (unpaired) electrons. The Morgan fingerprint density at radius 3 is 2.94 bits per heavy atom. The first-order valence-electron chi connectivity index (χ1n) is 9.26. The second-order valence-electron chi connectivity index (χ2n) is 7.06. The molecule has 1 saturated heterocycles. The summed E-state index contributed by atoms with van der Waals surface area (Å²) in [6.45, 7) is 0.00528. The summed E-state index contributed by atoms with van der Waals surface area (Å²) in [5, 5.41) is 23.0. The Labute approximate surface area is 180 Å². The lowest BCUT2D eigenvalue weighted by Gasteiger charge is -2.22. The number of halogens is 2. The summed E-state index contributed by atoms with van der Waals surface area (Å²) in [6, 6.07) is 10.9. The minimum absolute atomic E-state index is 0.106. The smallest absolute Gasteiger partial charge is 0.407 e. The molecule has 0 aliphatic carbocycles. The molecule has 1 aromatic heterocycles. The van der Waals surface area contributed by atoms with Gasteiger partial charge in [0.1, 0.15) is 11.9 Å². The molecular weight excluding hydrogens is 427 g/mol. The Morgan fingerprint density at radius 2 is 2.19 bits per heavy atom. The van der Waals surface area contributed by atoms with E-state index in [4.69, 9.17) is 16.3 Å². The number of ether oxygens (including phenoxy) is 1. The molecule has 1 aliphatic rings. The highest BCUT2D eigenvalue weighted by Crippen LogP contribution is 2.32. The van der Waals surface area contributed by atoms with Crippen LogP contribution in [0.2, 0.25) is 5.02 Å². The number of amides is 2. The molecule has 8 nitrogen and oxygen atoms in total. The van der Waals surface area contributed by atoms with Crippen LogP contribution >= 0.6 is 11.6 Å². The van der Waals surface area contributed by atoms with E-state index < -0.39 is 23.6 Å². The predicted molar refractivity (Wildman–Crippen MR) is 110 cm³/mol. The number of carbonyl (C=O) groups excluding carboxylic acids is 2. The molecule has 3 N–H and O–H groups in total. The number of alkyl carbamates (subject to hydrolysis) is 1. The fourth-order valence-electron chi connectivity index (χ4n) is 3.47. The quantitative estimate of drug-likeness (QED) is 0.536. The average molecular weight is 443 g/mol. The lowest BCUT2D eigenvalue weighted by Crippen LogP contribution is -2.46. The number of rotatable bonds is 4. The van der Waals surface area contributed by atoms with E-state index in [1.54, 1.807) is 24.4 Å². The highest BCUT2D eigenvalue weighted by Gasteiger charge is 2.49. The molecule has 0 saturated carbocycles. The molecule has 2 heterocycles. The number of aromatic amines is 1. The summed E-state index contributed by atoms with van der Waals surface area (Å²) in [7, 11) is 0. The van der Waals surface area contributed by atoms with Crippen molar-refractivity contribution in [3.8, 4) is 6.07 Å². The van der Waals surface area contributed by atoms with Gasteiger partial charge in [-0.25, -0.2) is 9.18 Å². The number of carbonyl (C=O) groups is 2. The van der Waals surface area contributed by atoms with Crippen LogP contribution in [0.1, 0.15) is 17.5 Å². The van der Waals surface area contributed by atoms with E-state index in [1.807, 2.05) is 0 Å². The molecule has 158 valence electrons. The lowest BCUT2D eigenvalue weighted by atomic mass is 10.1. The monoisotopic (exact) mass is 442 g/mol. The maximum absolute atomic E-state index is 13.4. The van der Waals surface area contributed by atoms with Crippen LogP contribution in [0.15, 0.2) is 42.6 Å². The number of fused-ring (bicyclic) bond motifs is 1. The van der Waals surface area contributed by atoms with Crippen molar-refractivity contribution in [2.45, 2.75) is 18.8 Å². The van der Waals surface area contributed by atoms with Crippen molar-refractivity contribution in [1.82, 2.24) is 10.3 Å². The SMILES string of the molecule is N#Cc1c[nH]c2ccc(N3CCC(O)(OC(=O)NCc4cc(F)cc(Cl)c4)C3=O)cc12. The van der Waals surface area contributed by atoms with Gasteiger partial charge in [0.25, 0.3) is 11.7 Å². The summed E-state index contributed by atoms with van der Waals surface area (Å²) in [6.07, 6.45) is 0.392. The van der Waals surface area contributed by atoms with Crippen LogP contribution in [0.4, 0.5) is 14.9 Å².